The van der Waals surface area contributed by atoms with Gasteiger partial charge >= 0.3 is 6.18 Å². The van der Waals surface area contributed by atoms with Crippen LogP contribution >= 0.6 is 15.9 Å². The topological polar surface area (TPSA) is 28.7 Å². The van der Waals surface area contributed by atoms with Gasteiger partial charge in [-0.15, -0.1) is 0 Å². The lowest BCUT2D eigenvalue weighted by Crippen LogP contribution is -2.04. The van der Waals surface area contributed by atoms with Gasteiger partial charge in [0.2, 0.25) is 0 Å². The number of rotatable bonds is 2. The van der Waals surface area contributed by atoms with Crippen molar-refractivity contribution in [2.24, 2.45) is 0 Å². The van der Waals surface area contributed by atoms with E-state index in [9.17, 15) is 13.2 Å². The summed E-state index contributed by atoms with van der Waals surface area (Å²) in [5.74, 6) is 0.00333. The molecule has 0 saturated carbocycles. The Morgan fingerprint density at radius 1 is 1.62 bits per heavy atom. The summed E-state index contributed by atoms with van der Waals surface area (Å²) in [6, 6.07) is 1.03. The molecule has 6 heteroatoms. The highest BCUT2D eigenvalue weighted by Crippen LogP contribution is 2.29. The molecule has 0 spiro atoms. The maximum absolute atomic E-state index is 12.1. The Morgan fingerprint density at radius 2 is 2.23 bits per heavy atom. The second kappa shape index (κ2) is 3.69. The van der Waals surface area contributed by atoms with E-state index in [1.165, 1.54) is 0 Å². The lowest BCUT2D eigenvalue weighted by molar-refractivity contribution is -0.141. The lowest BCUT2D eigenvalue weighted by Gasteiger charge is -2.02. The van der Waals surface area contributed by atoms with Gasteiger partial charge in [-0.3, -0.25) is 5.10 Å². The van der Waals surface area contributed by atoms with Crippen molar-refractivity contribution in [2.75, 3.05) is 5.33 Å². The summed E-state index contributed by atoms with van der Waals surface area (Å²) in [6.45, 7) is 1.81. The fourth-order valence-corrected chi connectivity index (χ4v) is 1.17. The van der Waals surface area contributed by atoms with Crippen LogP contribution in [0.4, 0.5) is 13.2 Å². The second-order valence-electron chi connectivity index (χ2n) is 2.76. The van der Waals surface area contributed by atoms with Crippen molar-refractivity contribution >= 4 is 15.9 Å². The monoisotopic (exact) mass is 256 g/mol. The van der Waals surface area contributed by atoms with Crippen molar-refractivity contribution in [3.8, 4) is 0 Å². The van der Waals surface area contributed by atoms with E-state index in [4.69, 9.17) is 0 Å². The van der Waals surface area contributed by atoms with Gasteiger partial charge in [0, 0.05) is 16.9 Å². The summed E-state index contributed by atoms with van der Waals surface area (Å²) >= 11 is 3.18. The van der Waals surface area contributed by atoms with E-state index < -0.39 is 11.9 Å². The number of hydrogen-bond acceptors (Lipinski definition) is 1. The fraction of sp³-hybridized carbons (Fsp3) is 0.571. The zero-order valence-corrected chi connectivity index (χ0v) is 8.41. The van der Waals surface area contributed by atoms with Gasteiger partial charge < -0.3 is 0 Å². The quantitative estimate of drug-likeness (QED) is 0.810. The summed E-state index contributed by atoms with van der Waals surface area (Å²) in [5.41, 5.74) is -0.375. The first-order chi connectivity index (χ1) is 5.95. The van der Waals surface area contributed by atoms with Gasteiger partial charge in [0.25, 0.3) is 0 Å². The van der Waals surface area contributed by atoms with Crippen LogP contribution in [-0.2, 0) is 6.18 Å². The number of alkyl halides is 4. The number of nitrogens with one attached hydrogen (secondary N) is 1. The van der Waals surface area contributed by atoms with E-state index in [1.807, 2.05) is 6.92 Å². The van der Waals surface area contributed by atoms with Crippen LogP contribution in [0, 0.1) is 0 Å². The number of H-pyrrole nitrogens is 1. The van der Waals surface area contributed by atoms with Gasteiger partial charge in [-0.1, -0.05) is 22.9 Å². The zero-order chi connectivity index (χ0) is 10.1. The third kappa shape index (κ3) is 2.46. The number of hydrogen-bond donors (Lipinski definition) is 1. The van der Waals surface area contributed by atoms with E-state index in [0.29, 0.717) is 11.0 Å². The van der Waals surface area contributed by atoms with Crippen molar-refractivity contribution in [3.63, 3.8) is 0 Å². The highest BCUT2D eigenvalue weighted by Gasteiger charge is 2.34. The highest BCUT2D eigenvalue weighted by molar-refractivity contribution is 9.09. The van der Waals surface area contributed by atoms with Gasteiger partial charge in [0.15, 0.2) is 5.69 Å². The summed E-state index contributed by atoms with van der Waals surface area (Å²) in [4.78, 5) is 0. The molecular formula is C7H8BrF3N2. The molecule has 1 rings (SSSR count). The summed E-state index contributed by atoms with van der Waals surface area (Å²) in [7, 11) is 0. The van der Waals surface area contributed by atoms with Gasteiger partial charge in [0.1, 0.15) is 0 Å². The van der Waals surface area contributed by atoms with E-state index in [1.54, 1.807) is 0 Å². The first-order valence-corrected chi connectivity index (χ1v) is 4.75. The molecule has 1 unspecified atom stereocenters. The molecule has 1 atom stereocenters. The molecule has 74 valence electrons. The van der Waals surface area contributed by atoms with Crippen LogP contribution in [0.3, 0.4) is 0 Å². The Balaban J connectivity index is 2.87. The smallest absolute Gasteiger partial charge is 0.282 e. The van der Waals surface area contributed by atoms with Crippen molar-refractivity contribution in [3.05, 3.63) is 17.5 Å². The van der Waals surface area contributed by atoms with Gasteiger partial charge in [-0.2, -0.15) is 18.3 Å². The first kappa shape index (κ1) is 10.6. The summed E-state index contributed by atoms with van der Waals surface area (Å²) in [5, 5.41) is 6.15. The maximum Gasteiger partial charge on any atom is 0.435 e. The van der Waals surface area contributed by atoms with Crippen LogP contribution in [0.5, 0.6) is 0 Å². The normalized spacial score (nSPS) is 14.5. The van der Waals surface area contributed by atoms with E-state index >= 15 is 0 Å². The number of aromatic nitrogens is 2. The SMILES string of the molecule is CC(CBr)c1cc(C(F)(F)F)n[nH]1. The lowest BCUT2D eigenvalue weighted by atomic mass is 10.1. The molecule has 0 bridgehead atoms. The minimum atomic E-state index is -4.36. The van der Waals surface area contributed by atoms with Gasteiger partial charge in [0.05, 0.1) is 0 Å². The van der Waals surface area contributed by atoms with E-state index in [2.05, 4.69) is 26.1 Å². The molecule has 1 aromatic rings. The molecule has 1 heterocycles. The first-order valence-electron chi connectivity index (χ1n) is 3.63. The molecule has 0 saturated heterocycles. The minimum Gasteiger partial charge on any atom is -0.282 e. The molecule has 0 fully saturated rings. The third-order valence-corrected chi connectivity index (χ3v) is 2.62. The molecule has 13 heavy (non-hydrogen) atoms. The Hall–Kier alpha value is -0.520. The van der Waals surface area contributed by atoms with Gasteiger partial charge in [-0.25, -0.2) is 0 Å². The van der Waals surface area contributed by atoms with Crippen LogP contribution in [0.2, 0.25) is 0 Å². The number of nitrogens with zero attached hydrogens (tertiary/aromatic N) is 1. The van der Waals surface area contributed by atoms with Crippen LogP contribution in [0.15, 0.2) is 6.07 Å². The van der Waals surface area contributed by atoms with Gasteiger partial charge in [-0.05, 0) is 6.07 Å². The molecule has 0 aliphatic carbocycles. The Bertz CT molecular complexity index is 282. The highest BCUT2D eigenvalue weighted by atomic mass is 79.9. The minimum absolute atomic E-state index is 0.00333. The van der Waals surface area contributed by atoms with Crippen LogP contribution in [0.25, 0.3) is 0 Å². The number of halogens is 4. The van der Waals surface area contributed by atoms with E-state index in [-0.39, 0.29) is 5.92 Å². The molecule has 2 nitrogen and oxygen atoms in total. The molecular weight excluding hydrogens is 249 g/mol. The standard InChI is InChI=1S/C7H8BrF3N2/c1-4(3-8)5-2-6(13-12-5)7(9,10)11/h2,4H,3H2,1H3,(H,12,13). The predicted molar refractivity (Wildman–Crippen MR) is 45.8 cm³/mol. The fourth-order valence-electron chi connectivity index (χ4n) is 0.817. The molecule has 0 amide bonds. The molecule has 0 radical (unpaired) electrons. The molecule has 0 aromatic carbocycles. The Labute approximate surface area is 81.7 Å². The van der Waals surface area contributed by atoms with E-state index in [0.717, 1.165) is 6.07 Å². The third-order valence-electron chi connectivity index (χ3n) is 1.65. The van der Waals surface area contributed by atoms with Crippen LogP contribution in [-0.4, -0.2) is 15.5 Å². The number of aromatic amines is 1. The average molecular weight is 257 g/mol. The Morgan fingerprint density at radius 3 is 2.62 bits per heavy atom. The predicted octanol–water partition coefficient (Wildman–Crippen LogP) is 2.93. The molecule has 0 aliphatic heterocycles. The second-order valence-corrected chi connectivity index (χ2v) is 3.41. The summed E-state index contributed by atoms with van der Waals surface area (Å²) in [6.07, 6.45) is -4.36. The molecule has 1 N–H and O–H groups in total. The zero-order valence-electron chi connectivity index (χ0n) is 6.82. The van der Waals surface area contributed by atoms with Crippen molar-refractivity contribution < 1.29 is 13.2 Å². The largest absolute Gasteiger partial charge is 0.435 e. The van der Waals surface area contributed by atoms with Crippen LogP contribution in [0.1, 0.15) is 24.2 Å². The van der Waals surface area contributed by atoms with Crippen molar-refractivity contribution in [1.82, 2.24) is 10.2 Å². The van der Waals surface area contributed by atoms with Crippen molar-refractivity contribution in [1.29, 1.82) is 0 Å². The average Bonchev–Trinajstić information content (AvgIpc) is 2.50. The van der Waals surface area contributed by atoms with Crippen molar-refractivity contribution in [2.45, 2.75) is 19.0 Å². The van der Waals surface area contributed by atoms with Crippen LogP contribution < -0.4 is 0 Å². The summed E-state index contributed by atoms with van der Waals surface area (Å²) < 4.78 is 36.2. The molecule has 0 aliphatic rings. The molecule has 1 aromatic heterocycles. The maximum atomic E-state index is 12.1. The Kier molecular flexibility index (Phi) is 3.00.